The average Bonchev–Trinajstić information content (AvgIpc) is 2.60. The topological polar surface area (TPSA) is 24.1 Å². The largest absolute Gasteiger partial charge is 0.385 e. The van der Waals surface area contributed by atoms with Crippen LogP contribution in [0, 0.1) is 0 Å². The molecule has 0 spiro atoms. The standard InChI is InChI=1S/C21H30N2/c1-2-3-4-5-6-7-11-18-22-19-14-16-21(17-15-19)23-20-12-9-8-10-13-20/h8-10,12-17,22-23H,2-7,11,18H2,1H3. The monoisotopic (exact) mass is 310 g/mol. The van der Waals surface area contributed by atoms with Crippen molar-refractivity contribution >= 4 is 17.1 Å². The molecule has 0 aliphatic heterocycles. The van der Waals surface area contributed by atoms with Crippen molar-refractivity contribution in [3.05, 3.63) is 54.6 Å². The first kappa shape index (κ1) is 17.4. The third kappa shape index (κ3) is 7.23. The molecule has 0 aromatic heterocycles. The van der Waals surface area contributed by atoms with Gasteiger partial charge in [-0.2, -0.15) is 0 Å². The van der Waals surface area contributed by atoms with E-state index in [0.29, 0.717) is 0 Å². The fourth-order valence-corrected chi connectivity index (χ4v) is 2.67. The van der Waals surface area contributed by atoms with Crippen LogP contribution in [0.5, 0.6) is 0 Å². The van der Waals surface area contributed by atoms with E-state index in [1.54, 1.807) is 0 Å². The van der Waals surface area contributed by atoms with Gasteiger partial charge in [-0.15, -0.1) is 0 Å². The molecule has 0 amide bonds. The molecule has 0 saturated carbocycles. The smallest absolute Gasteiger partial charge is 0.0385 e. The molecule has 2 N–H and O–H groups in total. The molecule has 2 heteroatoms. The molecule has 2 aromatic carbocycles. The number of hydrogen-bond donors (Lipinski definition) is 2. The van der Waals surface area contributed by atoms with Gasteiger partial charge in [-0.05, 0) is 42.8 Å². The summed E-state index contributed by atoms with van der Waals surface area (Å²) >= 11 is 0. The highest BCUT2D eigenvalue weighted by Crippen LogP contribution is 2.18. The molecule has 0 fully saturated rings. The van der Waals surface area contributed by atoms with Crippen molar-refractivity contribution in [2.45, 2.75) is 51.9 Å². The molecule has 0 unspecified atom stereocenters. The summed E-state index contributed by atoms with van der Waals surface area (Å²) in [5.41, 5.74) is 3.45. The van der Waals surface area contributed by atoms with Crippen LogP contribution in [0.1, 0.15) is 51.9 Å². The normalized spacial score (nSPS) is 10.5. The first-order chi connectivity index (χ1) is 11.4. The molecule has 2 nitrogen and oxygen atoms in total. The minimum absolute atomic E-state index is 1.07. The lowest BCUT2D eigenvalue weighted by Crippen LogP contribution is -2.01. The van der Waals surface area contributed by atoms with E-state index in [9.17, 15) is 0 Å². The van der Waals surface area contributed by atoms with E-state index in [-0.39, 0.29) is 0 Å². The highest BCUT2D eigenvalue weighted by Gasteiger charge is 1.96. The summed E-state index contributed by atoms with van der Waals surface area (Å²) in [5, 5.41) is 6.91. The first-order valence-corrected chi connectivity index (χ1v) is 9.04. The molecule has 0 radical (unpaired) electrons. The highest BCUT2D eigenvalue weighted by molar-refractivity contribution is 5.62. The molecule has 124 valence electrons. The zero-order valence-corrected chi connectivity index (χ0v) is 14.4. The Hall–Kier alpha value is -1.96. The summed E-state index contributed by atoms with van der Waals surface area (Å²) in [6.07, 6.45) is 9.49. The van der Waals surface area contributed by atoms with Crippen LogP contribution in [-0.4, -0.2) is 6.54 Å². The Morgan fingerprint density at radius 2 is 1.17 bits per heavy atom. The Balaban J connectivity index is 1.61. The maximum absolute atomic E-state index is 3.51. The van der Waals surface area contributed by atoms with Gasteiger partial charge in [-0.3, -0.25) is 0 Å². The van der Waals surface area contributed by atoms with Gasteiger partial charge in [-0.25, -0.2) is 0 Å². The zero-order valence-electron chi connectivity index (χ0n) is 14.4. The summed E-state index contributed by atoms with van der Waals surface area (Å²) in [4.78, 5) is 0. The minimum Gasteiger partial charge on any atom is -0.385 e. The van der Waals surface area contributed by atoms with Crippen molar-refractivity contribution in [1.82, 2.24) is 0 Å². The third-order valence-corrected chi connectivity index (χ3v) is 4.06. The second-order valence-corrected chi connectivity index (χ2v) is 6.12. The van der Waals surface area contributed by atoms with Crippen LogP contribution in [0.4, 0.5) is 17.1 Å². The van der Waals surface area contributed by atoms with Gasteiger partial charge in [0, 0.05) is 23.6 Å². The molecule has 0 bridgehead atoms. The lowest BCUT2D eigenvalue weighted by Gasteiger charge is -2.09. The number of unbranched alkanes of at least 4 members (excludes halogenated alkanes) is 6. The molecule has 0 atom stereocenters. The van der Waals surface area contributed by atoms with Crippen LogP contribution in [0.25, 0.3) is 0 Å². The van der Waals surface area contributed by atoms with Gasteiger partial charge in [0.25, 0.3) is 0 Å². The van der Waals surface area contributed by atoms with E-state index in [1.807, 2.05) is 18.2 Å². The van der Waals surface area contributed by atoms with Crippen molar-refractivity contribution in [3.63, 3.8) is 0 Å². The lowest BCUT2D eigenvalue weighted by molar-refractivity contribution is 0.596. The van der Waals surface area contributed by atoms with E-state index < -0.39 is 0 Å². The van der Waals surface area contributed by atoms with Crippen molar-refractivity contribution < 1.29 is 0 Å². The van der Waals surface area contributed by atoms with Gasteiger partial charge in [-0.1, -0.05) is 63.6 Å². The lowest BCUT2D eigenvalue weighted by atomic mass is 10.1. The van der Waals surface area contributed by atoms with Crippen molar-refractivity contribution in [3.8, 4) is 0 Å². The van der Waals surface area contributed by atoms with Crippen LogP contribution < -0.4 is 10.6 Å². The molecule has 23 heavy (non-hydrogen) atoms. The quantitative estimate of drug-likeness (QED) is 0.457. The van der Waals surface area contributed by atoms with Crippen LogP contribution in [0.2, 0.25) is 0 Å². The molecule has 0 aliphatic rings. The van der Waals surface area contributed by atoms with Crippen molar-refractivity contribution in [2.75, 3.05) is 17.2 Å². The van der Waals surface area contributed by atoms with E-state index in [2.05, 4.69) is 54.0 Å². The molecule has 0 aliphatic carbocycles. The maximum atomic E-state index is 3.51. The van der Waals surface area contributed by atoms with Crippen LogP contribution in [-0.2, 0) is 0 Å². The summed E-state index contributed by atoms with van der Waals surface area (Å²) in [6, 6.07) is 18.8. The Bertz CT molecular complexity index is 519. The van der Waals surface area contributed by atoms with E-state index >= 15 is 0 Å². The molecule has 2 aromatic rings. The number of nitrogens with one attached hydrogen (secondary N) is 2. The number of anilines is 3. The molecule has 0 heterocycles. The second kappa shape index (κ2) is 10.7. The zero-order chi connectivity index (χ0) is 16.2. The number of rotatable bonds is 11. The SMILES string of the molecule is CCCCCCCCCNc1ccc(Nc2ccccc2)cc1. The van der Waals surface area contributed by atoms with Gasteiger partial charge in [0.05, 0.1) is 0 Å². The third-order valence-electron chi connectivity index (χ3n) is 4.06. The van der Waals surface area contributed by atoms with Crippen molar-refractivity contribution in [1.29, 1.82) is 0 Å². The van der Waals surface area contributed by atoms with E-state index in [1.165, 1.54) is 50.6 Å². The Morgan fingerprint density at radius 3 is 1.87 bits per heavy atom. The highest BCUT2D eigenvalue weighted by atomic mass is 14.9. The Labute approximate surface area is 141 Å². The van der Waals surface area contributed by atoms with Crippen LogP contribution in [0.3, 0.4) is 0 Å². The molecular formula is C21H30N2. The predicted molar refractivity (Wildman–Crippen MR) is 103 cm³/mol. The summed E-state index contributed by atoms with van der Waals surface area (Å²) in [6.45, 7) is 3.34. The molecule has 0 saturated heterocycles. The Morgan fingerprint density at radius 1 is 0.609 bits per heavy atom. The fraction of sp³-hybridized carbons (Fsp3) is 0.429. The van der Waals surface area contributed by atoms with Gasteiger partial charge in [0.2, 0.25) is 0 Å². The number of para-hydroxylation sites is 1. The van der Waals surface area contributed by atoms with Crippen molar-refractivity contribution in [2.24, 2.45) is 0 Å². The first-order valence-electron chi connectivity index (χ1n) is 9.04. The predicted octanol–water partition coefficient (Wildman–Crippen LogP) is 6.59. The number of benzene rings is 2. The van der Waals surface area contributed by atoms with Gasteiger partial charge in [0.15, 0.2) is 0 Å². The summed E-state index contributed by atoms with van der Waals surface area (Å²) in [5.74, 6) is 0. The van der Waals surface area contributed by atoms with Gasteiger partial charge >= 0.3 is 0 Å². The average molecular weight is 310 g/mol. The Kier molecular flexibility index (Phi) is 8.10. The van der Waals surface area contributed by atoms with Crippen LogP contribution >= 0.6 is 0 Å². The van der Waals surface area contributed by atoms with Crippen LogP contribution in [0.15, 0.2) is 54.6 Å². The van der Waals surface area contributed by atoms with E-state index in [4.69, 9.17) is 0 Å². The van der Waals surface area contributed by atoms with Gasteiger partial charge < -0.3 is 10.6 Å². The molecular weight excluding hydrogens is 280 g/mol. The second-order valence-electron chi connectivity index (χ2n) is 6.12. The van der Waals surface area contributed by atoms with Gasteiger partial charge in [0.1, 0.15) is 0 Å². The molecule has 2 rings (SSSR count). The fourth-order valence-electron chi connectivity index (χ4n) is 2.67. The summed E-state index contributed by atoms with van der Waals surface area (Å²) in [7, 11) is 0. The summed E-state index contributed by atoms with van der Waals surface area (Å²) < 4.78 is 0. The number of hydrogen-bond acceptors (Lipinski definition) is 2. The van der Waals surface area contributed by atoms with E-state index in [0.717, 1.165) is 17.9 Å². The maximum Gasteiger partial charge on any atom is 0.0385 e. The minimum atomic E-state index is 1.07.